The van der Waals surface area contributed by atoms with Crippen LogP contribution in [0.25, 0.3) is 0 Å². The van der Waals surface area contributed by atoms with E-state index in [1.807, 2.05) is 0 Å². The third-order valence-electron chi connectivity index (χ3n) is 5.84. The summed E-state index contributed by atoms with van der Waals surface area (Å²) in [6.07, 6.45) is 6.95. The minimum absolute atomic E-state index is 0.0854. The van der Waals surface area contributed by atoms with Gasteiger partial charge in [-0.15, -0.1) is 0 Å². The van der Waals surface area contributed by atoms with E-state index in [-0.39, 0.29) is 12.5 Å². The van der Waals surface area contributed by atoms with Gasteiger partial charge in [0.05, 0.1) is 0 Å². The Morgan fingerprint density at radius 2 is 2.05 bits per heavy atom. The SMILES string of the molecule is CN(CC1CC2CCC1C2)S(=O)(=O)N1CCCC(CO)C1. The van der Waals surface area contributed by atoms with Crippen molar-refractivity contribution in [1.29, 1.82) is 0 Å². The van der Waals surface area contributed by atoms with Crippen LogP contribution in [-0.4, -0.2) is 55.4 Å². The largest absolute Gasteiger partial charge is 0.396 e. The Balaban J connectivity index is 1.61. The molecule has 2 aliphatic carbocycles. The summed E-state index contributed by atoms with van der Waals surface area (Å²) in [5.41, 5.74) is 0. The first-order valence-corrected chi connectivity index (χ1v) is 9.72. The normalized spacial score (nSPS) is 37.5. The number of aliphatic hydroxyl groups excluding tert-OH is 1. The van der Waals surface area contributed by atoms with E-state index in [0.717, 1.165) is 24.7 Å². The summed E-state index contributed by atoms with van der Waals surface area (Å²) in [5, 5.41) is 9.28. The maximum absolute atomic E-state index is 12.7. The molecule has 4 unspecified atom stereocenters. The lowest BCUT2D eigenvalue weighted by Crippen LogP contribution is -2.48. The molecule has 0 aromatic heterocycles. The molecule has 3 rings (SSSR count). The number of nitrogens with zero attached hydrogens (tertiary/aromatic N) is 2. The van der Waals surface area contributed by atoms with Crippen LogP contribution in [0.15, 0.2) is 0 Å². The van der Waals surface area contributed by atoms with Crippen LogP contribution in [0.5, 0.6) is 0 Å². The molecule has 1 N–H and O–H groups in total. The lowest BCUT2D eigenvalue weighted by atomic mass is 9.89. The highest BCUT2D eigenvalue weighted by Gasteiger charge is 2.41. The fourth-order valence-electron chi connectivity index (χ4n) is 4.61. The minimum Gasteiger partial charge on any atom is -0.396 e. The molecule has 122 valence electrons. The van der Waals surface area contributed by atoms with Crippen molar-refractivity contribution < 1.29 is 13.5 Å². The number of aliphatic hydroxyl groups is 1. The quantitative estimate of drug-likeness (QED) is 0.832. The van der Waals surface area contributed by atoms with Crippen molar-refractivity contribution in [2.75, 3.05) is 33.3 Å². The highest BCUT2D eigenvalue weighted by molar-refractivity contribution is 7.86. The molecule has 3 fully saturated rings. The average Bonchev–Trinajstić information content (AvgIpc) is 3.09. The molecule has 0 radical (unpaired) electrons. The lowest BCUT2D eigenvalue weighted by Gasteiger charge is -2.35. The monoisotopic (exact) mass is 316 g/mol. The van der Waals surface area contributed by atoms with Gasteiger partial charge in [0.25, 0.3) is 10.2 Å². The van der Waals surface area contributed by atoms with Crippen molar-refractivity contribution in [3.63, 3.8) is 0 Å². The van der Waals surface area contributed by atoms with E-state index in [4.69, 9.17) is 0 Å². The Labute approximate surface area is 128 Å². The highest BCUT2D eigenvalue weighted by atomic mass is 32.2. The Morgan fingerprint density at radius 3 is 2.67 bits per heavy atom. The molecular weight excluding hydrogens is 288 g/mol. The second-order valence-electron chi connectivity index (χ2n) is 7.27. The van der Waals surface area contributed by atoms with Crippen LogP contribution in [0, 0.1) is 23.7 Å². The third kappa shape index (κ3) is 3.14. The van der Waals surface area contributed by atoms with Gasteiger partial charge in [0.1, 0.15) is 0 Å². The summed E-state index contributed by atoms with van der Waals surface area (Å²) in [7, 11) is -1.63. The van der Waals surface area contributed by atoms with E-state index in [2.05, 4.69) is 0 Å². The van der Waals surface area contributed by atoms with E-state index in [1.165, 1.54) is 25.7 Å². The zero-order chi connectivity index (χ0) is 15.0. The molecule has 5 nitrogen and oxygen atoms in total. The highest BCUT2D eigenvalue weighted by Crippen LogP contribution is 2.48. The van der Waals surface area contributed by atoms with E-state index >= 15 is 0 Å². The average molecular weight is 316 g/mol. The van der Waals surface area contributed by atoms with E-state index in [0.29, 0.717) is 25.6 Å². The van der Waals surface area contributed by atoms with Crippen LogP contribution in [0.2, 0.25) is 0 Å². The molecule has 2 bridgehead atoms. The maximum atomic E-state index is 12.7. The standard InChI is InChI=1S/C15H28N2O3S/c1-16(10-15-8-12-4-5-14(15)7-12)21(19,20)17-6-2-3-13(9-17)11-18/h12-15,18H,2-11H2,1H3. The molecule has 1 aliphatic heterocycles. The van der Waals surface area contributed by atoms with Gasteiger partial charge in [0.15, 0.2) is 0 Å². The second kappa shape index (κ2) is 6.14. The first-order chi connectivity index (χ1) is 10.0. The Kier molecular flexibility index (Phi) is 4.60. The van der Waals surface area contributed by atoms with Gasteiger partial charge in [-0.25, -0.2) is 0 Å². The van der Waals surface area contributed by atoms with Crippen molar-refractivity contribution in [3.05, 3.63) is 0 Å². The van der Waals surface area contributed by atoms with Gasteiger partial charge in [0, 0.05) is 33.3 Å². The molecule has 0 aromatic carbocycles. The summed E-state index contributed by atoms with van der Waals surface area (Å²) < 4.78 is 28.6. The molecular formula is C15H28N2O3S. The van der Waals surface area contributed by atoms with Crippen LogP contribution in [0.1, 0.15) is 38.5 Å². The Hall–Kier alpha value is -0.170. The number of rotatable bonds is 5. The number of fused-ring (bicyclic) bond motifs is 2. The molecule has 4 atom stereocenters. The predicted molar refractivity (Wildman–Crippen MR) is 81.9 cm³/mol. The van der Waals surface area contributed by atoms with Gasteiger partial charge in [-0.3, -0.25) is 0 Å². The van der Waals surface area contributed by atoms with Crippen LogP contribution >= 0.6 is 0 Å². The summed E-state index contributed by atoms with van der Waals surface area (Å²) in [5.74, 6) is 2.26. The molecule has 21 heavy (non-hydrogen) atoms. The van der Waals surface area contributed by atoms with Crippen LogP contribution in [-0.2, 0) is 10.2 Å². The fraction of sp³-hybridized carbons (Fsp3) is 1.00. The van der Waals surface area contributed by atoms with Crippen molar-refractivity contribution in [1.82, 2.24) is 8.61 Å². The Morgan fingerprint density at radius 1 is 1.24 bits per heavy atom. The molecule has 0 amide bonds. The minimum atomic E-state index is -3.35. The molecule has 2 saturated carbocycles. The zero-order valence-corrected chi connectivity index (χ0v) is 13.8. The third-order valence-corrected chi connectivity index (χ3v) is 7.76. The second-order valence-corrected chi connectivity index (χ2v) is 9.31. The van der Waals surface area contributed by atoms with Crippen molar-refractivity contribution >= 4 is 10.2 Å². The van der Waals surface area contributed by atoms with Crippen LogP contribution in [0.3, 0.4) is 0 Å². The van der Waals surface area contributed by atoms with E-state index < -0.39 is 10.2 Å². The molecule has 0 aromatic rings. The summed E-state index contributed by atoms with van der Waals surface area (Å²) in [4.78, 5) is 0. The molecule has 1 heterocycles. The van der Waals surface area contributed by atoms with Gasteiger partial charge >= 0.3 is 0 Å². The van der Waals surface area contributed by atoms with Crippen molar-refractivity contribution in [2.24, 2.45) is 23.7 Å². The van der Waals surface area contributed by atoms with Gasteiger partial charge in [-0.05, 0) is 55.8 Å². The zero-order valence-electron chi connectivity index (χ0n) is 12.9. The summed E-state index contributed by atoms with van der Waals surface area (Å²) >= 11 is 0. The van der Waals surface area contributed by atoms with E-state index in [1.54, 1.807) is 15.7 Å². The fourth-order valence-corrected chi connectivity index (χ4v) is 6.14. The van der Waals surface area contributed by atoms with Gasteiger partial charge < -0.3 is 5.11 Å². The summed E-state index contributed by atoms with van der Waals surface area (Å²) in [6.45, 7) is 1.83. The van der Waals surface area contributed by atoms with E-state index in [9.17, 15) is 13.5 Å². The predicted octanol–water partition coefficient (Wildman–Crippen LogP) is 1.30. The smallest absolute Gasteiger partial charge is 0.281 e. The Bertz CT molecular complexity index is 468. The van der Waals surface area contributed by atoms with Gasteiger partial charge in [-0.1, -0.05) is 6.42 Å². The molecule has 1 saturated heterocycles. The van der Waals surface area contributed by atoms with Crippen molar-refractivity contribution in [2.45, 2.75) is 38.5 Å². The number of piperidine rings is 1. The number of hydrogen-bond acceptors (Lipinski definition) is 3. The topological polar surface area (TPSA) is 60.9 Å². The van der Waals surface area contributed by atoms with Gasteiger partial charge in [-0.2, -0.15) is 17.0 Å². The molecule has 0 spiro atoms. The first kappa shape index (κ1) is 15.7. The van der Waals surface area contributed by atoms with Gasteiger partial charge in [0.2, 0.25) is 0 Å². The maximum Gasteiger partial charge on any atom is 0.281 e. The number of hydrogen-bond donors (Lipinski definition) is 1. The first-order valence-electron chi connectivity index (χ1n) is 8.33. The molecule has 6 heteroatoms. The summed E-state index contributed by atoms with van der Waals surface area (Å²) in [6, 6.07) is 0. The van der Waals surface area contributed by atoms with Crippen LogP contribution < -0.4 is 0 Å². The van der Waals surface area contributed by atoms with Crippen molar-refractivity contribution in [3.8, 4) is 0 Å². The lowest BCUT2D eigenvalue weighted by molar-refractivity contribution is 0.160. The molecule has 3 aliphatic rings. The van der Waals surface area contributed by atoms with Crippen LogP contribution in [0.4, 0.5) is 0 Å².